The van der Waals surface area contributed by atoms with E-state index >= 15 is 0 Å². The molecule has 0 saturated carbocycles. The zero-order valence-electron chi connectivity index (χ0n) is 17.1. The molecule has 0 aliphatic heterocycles. The molecule has 8 heteroatoms. The molecule has 0 aliphatic carbocycles. The van der Waals surface area contributed by atoms with Crippen molar-refractivity contribution in [2.45, 2.75) is 27.0 Å². The number of carbonyl (C=O) groups is 1. The number of halogens is 1. The average molecular weight is 420 g/mol. The average Bonchev–Trinajstić information content (AvgIpc) is 3.12. The van der Waals surface area contributed by atoms with Crippen LogP contribution in [0.1, 0.15) is 16.7 Å². The van der Waals surface area contributed by atoms with Crippen molar-refractivity contribution in [3.63, 3.8) is 0 Å². The number of aryl methyl sites for hydroxylation is 2. The minimum atomic E-state index is -0.455. The first-order valence-electron chi connectivity index (χ1n) is 9.72. The Morgan fingerprint density at radius 2 is 1.87 bits per heavy atom. The summed E-state index contributed by atoms with van der Waals surface area (Å²) >= 11 is 0. The quantitative estimate of drug-likeness (QED) is 0.519. The number of amides is 1. The summed E-state index contributed by atoms with van der Waals surface area (Å²) in [6, 6.07) is 11.3. The second-order valence-corrected chi connectivity index (χ2v) is 7.38. The molecular formula is C23H21FN4O3. The molecule has 0 bridgehead atoms. The maximum atomic E-state index is 13.3. The SMILES string of the molecule is Cc1ccc(NC(=O)Cn2ccn3nc(-c4ccc(F)cc4)c(CO)c3c2=O)c(C)c1. The van der Waals surface area contributed by atoms with Crippen molar-refractivity contribution in [3.8, 4) is 11.3 Å². The molecule has 0 unspecified atom stereocenters. The molecule has 7 nitrogen and oxygen atoms in total. The fourth-order valence-electron chi connectivity index (χ4n) is 3.56. The Hall–Kier alpha value is -3.78. The van der Waals surface area contributed by atoms with Crippen molar-refractivity contribution in [2.75, 3.05) is 5.32 Å². The van der Waals surface area contributed by atoms with E-state index in [4.69, 9.17) is 0 Å². The Morgan fingerprint density at radius 1 is 1.13 bits per heavy atom. The van der Waals surface area contributed by atoms with Crippen LogP contribution in [0.4, 0.5) is 10.1 Å². The van der Waals surface area contributed by atoms with Crippen LogP contribution >= 0.6 is 0 Å². The highest BCUT2D eigenvalue weighted by atomic mass is 19.1. The van der Waals surface area contributed by atoms with Crippen LogP contribution in [-0.4, -0.2) is 25.2 Å². The van der Waals surface area contributed by atoms with Crippen molar-refractivity contribution < 1.29 is 14.3 Å². The lowest BCUT2D eigenvalue weighted by Gasteiger charge is -2.10. The second kappa shape index (κ2) is 8.16. The van der Waals surface area contributed by atoms with Gasteiger partial charge in [-0.25, -0.2) is 8.91 Å². The van der Waals surface area contributed by atoms with Crippen LogP contribution in [0.3, 0.4) is 0 Å². The number of fused-ring (bicyclic) bond motifs is 1. The molecule has 0 saturated heterocycles. The van der Waals surface area contributed by atoms with Gasteiger partial charge in [-0.05, 0) is 49.7 Å². The van der Waals surface area contributed by atoms with Gasteiger partial charge in [0, 0.05) is 29.2 Å². The molecule has 2 aromatic carbocycles. The van der Waals surface area contributed by atoms with Crippen molar-refractivity contribution in [2.24, 2.45) is 0 Å². The van der Waals surface area contributed by atoms with Crippen molar-refractivity contribution in [3.05, 3.63) is 87.7 Å². The Kier molecular flexibility index (Phi) is 5.39. The van der Waals surface area contributed by atoms with E-state index in [1.165, 1.54) is 39.5 Å². The van der Waals surface area contributed by atoms with Crippen LogP contribution in [0.25, 0.3) is 16.8 Å². The van der Waals surface area contributed by atoms with E-state index in [0.717, 1.165) is 11.1 Å². The highest BCUT2D eigenvalue weighted by molar-refractivity contribution is 5.91. The van der Waals surface area contributed by atoms with Gasteiger partial charge in [0.25, 0.3) is 5.56 Å². The standard InChI is InChI=1S/C23H21FN4O3/c1-14-3-8-19(15(2)11-14)25-20(30)12-27-9-10-28-22(23(27)31)18(13-29)21(26-28)16-4-6-17(24)7-5-16/h3-11,29H,12-13H2,1-2H3,(H,25,30). The maximum Gasteiger partial charge on any atom is 0.277 e. The van der Waals surface area contributed by atoms with E-state index in [0.29, 0.717) is 22.5 Å². The first-order chi connectivity index (χ1) is 14.9. The Morgan fingerprint density at radius 3 is 2.55 bits per heavy atom. The summed E-state index contributed by atoms with van der Waals surface area (Å²) in [6.07, 6.45) is 3.02. The van der Waals surface area contributed by atoms with Crippen molar-refractivity contribution >= 4 is 17.1 Å². The third-order valence-corrected chi connectivity index (χ3v) is 5.11. The normalized spacial score (nSPS) is 11.1. The molecular weight excluding hydrogens is 399 g/mol. The predicted octanol–water partition coefficient (Wildman–Crippen LogP) is 3.05. The maximum absolute atomic E-state index is 13.3. The number of aliphatic hydroxyl groups is 1. The van der Waals surface area contributed by atoms with Gasteiger partial charge in [0.15, 0.2) is 0 Å². The van der Waals surface area contributed by atoms with Gasteiger partial charge in [-0.3, -0.25) is 9.59 Å². The molecule has 1 amide bonds. The first kappa shape index (κ1) is 20.5. The van der Waals surface area contributed by atoms with Crippen LogP contribution in [-0.2, 0) is 17.9 Å². The minimum absolute atomic E-state index is 0.170. The van der Waals surface area contributed by atoms with E-state index in [9.17, 15) is 19.1 Å². The summed E-state index contributed by atoms with van der Waals surface area (Å²) in [5.41, 5.74) is 3.70. The number of carbonyl (C=O) groups excluding carboxylic acids is 1. The first-order valence-corrected chi connectivity index (χ1v) is 9.72. The Labute approximate surface area is 177 Å². The van der Waals surface area contributed by atoms with Gasteiger partial charge in [-0.2, -0.15) is 5.10 Å². The molecule has 2 N–H and O–H groups in total. The molecule has 2 heterocycles. The summed E-state index contributed by atoms with van der Waals surface area (Å²) in [7, 11) is 0. The molecule has 158 valence electrons. The fourth-order valence-corrected chi connectivity index (χ4v) is 3.56. The van der Waals surface area contributed by atoms with Crippen LogP contribution in [0.5, 0.6) is 0 Å². The summed E-state index contributed by atoms with van der Waals surface area (Å²) in [6.45, 7) is 3.25. The van der Waals surface area contributed by atoms with Gasteiger partial charge in [-0.15, -0.1) is 0 Å². The summed E-state index contributed by atoms with van der Waals surface area (Å²) in [5.74, 6) is -0.738. The molecule has 0 fully saturated rings. The number of hydrogen-bond donors (Lipinski definition) is 2. The monoisotopic (exact) mass is 420 g/mol. The smallest absolute Gasteiger partial charge is 0.277 e. The van der Waals surface area contributed by atoms with Gasteiger partial charge < -0.3 is 15.0 Å². The third-order valence-electron chi connectivity index (χ3n) is 5.11. The van der Waals surface area contributed by atoms with Crippen LogP contribution in [0, 0.1) is 19.7 Å². The number of aliphatic hydroxyl groups excluding tert-OH is 1. The van der Waals surface area contributed by atoms with Gasteiger partial charge in [-0.1, -0.05) is 17.7 Å². The highest BCUT2D eigenvalue weighted by Crippen LogP contribution is 2.25. The lowest BCUT2D eigenvalue weighted by atomic mass is 10.1. The fraction of sp³-hybridized carbons (Fsp3) is 0.174. The molecule has 0 radical (unpaired) electrons. The number of hydrogen-bond acceptors (Lipinski definition) is 4. The van der Waals surface area contributed by atoms with Crippen molar-refractivity contribution in [1.29, 1.82) is 0 Å². The van der Waals surface area contributed by atoms with E-state index in [1.807, 2.05) is 32.0 Å². The van der Waals surface area contributed by atoms with Crippen molar-refractivity contribution in [1.82, 2.24) is 14.2 Å². The topological polar surface area (TPSA) is 88.6 Å². The van der Waals surface area contributed by atoms with Gasteiger partial charge in [0.05, 0.1) is 12.3 Å². The number of rotatable bonds is 5. The molecule has 0 atom stereocenters. The Balaban J connectivity index is 1.68. The lowest BCUT2D eigenvalue weighted by Crippen LogP contribution is -2.28. The van der Waals surface area contributed by atoms with E-state index < -0.39 is 18.0 Å². The van der Waals surface area contributed by atoms with E-state index in [2.05, 4.69) is 10.4 Å². The minimum Gasteiger partial charge on any atom is -0.392 e. The summed E-state index contributed by atoms with van der Waals surface area (Å²) in [5, 5.41) is 17.1. The van der Waals surface area contributed by atoms with E-state index in [1.54, 1.807) is 6.20 Å². The van der Waals surface area contributed by atoms with Gasteiger partial charge in [0.1, 0.15) is 17.9 Å². The number of aromatic nitrogens is 3. The number of benzene rings is 2. The third kappa shape index (κ3) is 3.97. The lowest BCUT2D eigenvalue weighted by molar-refractivity contribution is -0.116. The molecule has 4 rings (SSSR count). The van der Waals surface area contributed by atoms with Gasteiger partial charge in [0.2, 0.25) is 5.91 Å². The zero-order valence-corrected chi connectivity index (χ0v) is 17.1. The van der Waals surface area contributed by atoms with Gasteiger partial charge >= 0.3 is 0 Å². The van der Waals surface area contributed by atoms with E-state index in [-0.39, 0.29) is 18.0 Å². The zero-order chi connectivity index (χ0) is 22.1. The Bertz CT molecular complexity index is 1340. The van der Waals surface area contributed by atoms with Crippen LogP contribution in [0.2, 0.25) is 0 Å². The molecule has 31 heavy (non-hydrogen) atoms. The largest absolute Gasteiger partial charge is 0.392 e. The highest BCUT2D eigenvalue weighted by Gasteiger charge is 2.18. The predicted molar refractivity (Wildman–Crippen MR) is 115 cm³/mol. The number of anilines is 1. The summed E-state index contributed by atoms with van der Waals surface area (Å²) in [4.78, 5) is 25.6. The van der Waals surface area contributed by atoms with Crippen LogP contribution in [0.15, 0.2) is 59.7 Å². The number of nitrogens with zero attached hydrogens (tertiary/aromatic N) is 3. The summed E-state index contributed by atoms with van der Waals surface area (Å²) < 4.78 is 15.9. The molecule has 2 aromatic heterocycles. The second-order valence-electron chi connectivity index (χ2n) is 7.38. The molecule has 0 aliphatic rings. The molecule has 4 aromatic rings. The number of nitrogens with one attached hydrogen (secondary N) is 1. The van der Waals surface area contributed by atoms with Crippen LogP contribution < -0.4 is 10.9 Å². The molecule has 0 spiro atoms.